The molecule has 24 nitrogen and oxygen atoms in total. The van der Waals surface area contributed by atoms with Crippen LogP contribution in [-0.2, 0) is 21.2 Å². The zero-order chi connectivity index (χ0) is 50.9. The lowest BCUT2D eigenvalue weighted by atomic mass is 10.2. The van der Waals surface area contributed by atoms with Gasteiger partial charge >= 0.3 is 21.2 Å². The van der Waals surface area contributed by atoms with Crippen molar-refractivity contribution in [3.8, 4) is 23.0 Å². The molecule has 374 valence electrons. The number of aliphatic hydroxyl groups is 1. The van der Waals surface area contributed by atoms with E-state index in [1.165, 1.54) is 57.5 Å². The molecule has 5 heterocycles. The molecule has 0 saturated carbocycles. The number of rotatable bonds is 21. The number of benzene rings is 2. The number of anilines is 6. The third kappa shape index (κ3) is 14.0. The van der Waals surface area contributed by atoms with Crippen molar-refractivity contribution in [1.82, 2.24) is 23.7 Å². The summed E-state index contributed by atoms with van der Waals surface area (Å²) < 4.78 is 82.7. The van der Waals surface area contributed by atoms with Crippen LogP contribution in [0, 0.1) is 0 Å². The number of aromatic nitrogens is 5. The van der Waals surface area contributed by atoms with Crippen molar-refractivity contribution in [2.24, 2.45) is 20.5 Å². The van der Waals surface area contributed by atoms with E-state index >= 15 is 0 Å². The van der Waals surface area contributed by atoms with Crippen molar-refractivity contribution in [3.63, 3.8) is 0 Å². The molecule has 0 fully saturated rings. The Kier molecular flexibility index (Phi) is 20.9. The third-order valence-electron chi connectivity index (χ3n) is 9.50. The van der Waals surface area contributed by atoms with Crippen molar-refractivity contribution in [3.05, 3.63) is 35.0 Å². The third-order valence-corrected chi connectivity index (χ3v) is 13.7. The zero-order valence-corrected chi connectivity index (χ0v) is 44.2. The lowest BCUT2D eigenvalue weighted by Gasteiger charge is -2.25. The van der Waals surface area contributed by atoms with E-state index in [-0.39, 0.29) is 18.5 Å². The summed E-state index contributed by atoms with van der Waals surface area (Å²) in [4.78, 5) is 20.4. The van der Waals surface area contributed by atoms with Crippen LogP contribution in [0.5, 0.6) is 23.0 Å². The molecule has 0 radical (unpaired) electrons. The summed E-state index contributed by atoms with van der Waals surface area (Å²) in [5, 5.41) is 42.3. The van der Waals surface area contributed by atoms with Gasteiger partial charge < -0.3 is 44.5 Å². The van der Waals surface area contributed by atoms with Gasteiger partial charge in [-0.15, -0.1) is 68.4 Å². The van der Waals surface area contributed by atoms with Crippen molar-refractivity contribution >= 4 is 155 Å². The number of thiophene rings is 2. The van der Waals surface area contributed by atoms with Gasteiger partial charge in [0.2, 0.25) is 11.9 Å². The molecule has 3 N–H and O–H groups in total. The Hall–Kier alpha value is -6.22. The van der Waals surface area contributed by atoms with Crippen LogP contribution < -0.4 is 39.4 Å². The highest BCUT2D eigenvalue weighted by molar-refractivity contribution is 7.99. The molecule has 0 aliphatic rings. The summed E-state index contributed by atoms with van der Waals surface area (Å²) in [5.41, 5.74) is 3.75. The van der Waals surface area contributed by atoms with Gasteiger partial charge in [0.05, 0.1) is 68.6 Å². The van der Waals surface area contributed by atoms with Crippen LogP contribution >= 0.6 is 57.5 Å². The van der Waals surface area contributed by atoms with Crippen LogP contribution in [-0.4, -0.2) is 121 Å². The first-order chi connectivity index (χ1) is 33.7. The average molecular weight is 1100 g/mol. The number of hydrogen-bond donors (Lipinski definition) is 3. The molecule has 0 amide bonds. The summed E-state index contributed by atoms with van der Waals surface area (Å²) in [6.45, 7) is 11.2. The Morgan fingerprint density at radius 3 is 1.33 bits per heavy atom. The van der Waals surface area contributed by atoms with E-state index < -0.39 is 21.2 Å². The minimum atomic E-state index is -3.11. The molecule has 70 heavy (non-hydrogen) atoms. The summed E-state index contributed by atoms with van der Waals surface area (Å²) in [6.07, 6.45) is 0. The Morgan fingerprint density at radius 1 is 0.600 bits per heavy atom. The van der Waals surface area contributed by atoms with Crippen molar-refractivity contribution < 1.29 is 49.3 Å². The number of hydrogen-bond acceptors (Lipinski definition) is 29. The highest BCUT2D eigenvalue weighted by atomic mass is 32.2. The second-order valence-electron chi connectivity index (χ2n) is 13.3. The van der Waals surface area contributed by atoms with Gasteiger partial charge in [-0.25, -0.2) is 0 Å². The molecular formula is C39H45N13O11S7. The monoisotopic (exact) mass is 1100 g/mol. The number of aliphatic hydroxyl groups excluding tert-OH is 1. The molecule has 0 spiro atoms. The molecule has 0 atom stereocenters. The molecule has 0 unspecified atom stereocenters. The highest BCUT2D eigenvalue weighted by Gasteiger charge is 2.21. The second-order valence-corrected chi connectivity index (χ2v) is 18.4. The molecule has 0 bridgehead atoms. The number of fused-ring (bicyclic) bond motifs is 2. The molecule has 0 aliphatic heterocycles. The van der Waals surface area contributed by atoms with E-state index in [0.29, 0.717) is 66.7 Å². The van der Waals surface area contributed by atoms with E-state index in [1.807, 2.05) is 35.0 Å². The Bertz CT molecular complexity index is 2960. The molecule has 5 aromatic heterocycles. The molecule has 0 aliphatic carbocycles. The maximum Gasteiger partial charge on any atom is 0.425 e. The van der Waals surface area contributed by atoms with E-state index in [1.54, 1.807) is 28.4 Å². The molecule has 31 heteroatoms. The summed E-state index contributed by atoms with van der Waals surface area (Å²) >= 11 is 6.74. The normalized spacial score (nSPS) is 11.0. The lowest BCUT2D eigenvalue weighted by Crippen LogP contribution is -2.22. The van der Waals surface area contributed by atoms with E-state index in [4.69, 9.17) is 69.4 Å². The van der Waals surface area contributed by atoms with Gasteiger partial charge in [0.25, 0.3) is 0 Å². The summed E-state index contributed by atoms with van der Waals surface area (Å²) in [6, 6.07) is 7.55. The zero-order valence-electron chi connectivity index (χ0n) is 38.5. The lowest BCUT2D eigenvalue weighted by molar-refractivity contribution is 0.322. The number of nitrogens with zero attached hydrogens (tertiary/aromatic N) is 11. The Balaban J connectivity index is 0.00000106. The Morgan fingerprint density at radius 2 is 0.986 bits per heavy atom. The predicted molar refractivity (Wildman–Crippen MR) is 273 cm³/mol. The molecule has 7 rings (SSSR count). The predicted octanol–water partition coefficient (Wildman–Crippen LogP) is 9.33. The molecule has 7 aromatic rings. The van der Waals surface area contributed by atoms with Crippen LogP contribution in [0.15, 0.2) is 60.6 Å². The van der Waals surface area contributed by atoms with Gasteiger partial charge in [0.1, 0.15) is 44.0 Å². The standard InChI is InChI=1S/C39H45N13O5S5.2O3S/c1-9-51(10-2)25-15-21(23(17-27(25)54-5)45-47-33-31-29(56-7)19-59-35(31)49-61-33)40-37-42-38(44-39(43-37)58-14-13-53)41-22-16-26(52(11-3)12-4)28(55-6)18-24(22)46-48-34-32-30(57-8)20-60-36(32)50-62-34;2*1-4(2)3/h15-20,53H,9-14H2,1-8H3,(H2,40,41,42,43,44);;. The maximum atomic E-state index is 9.79. The van der Waals surface area contributed by atoms with Crippen LogP contribution in [0.2, 0.25) is 0 Å². The van der Waals surface area contributed by atoms with Crippen LogP contribution in [0.1, 0.15) is 27.7 Å². The van der Waals surface area contributed by atoms with Crippen molar-refractivity contribution in [1.29, 1.82) is 0 Å². The van der Waals surface area contributed by atoms with Gasteiger partial charge in [-0.3, -0.25) is 0 Å². The van der Waals surface area contributed by atoms with Crippen molar-refractivity contribution in [2.75, 3.05) is 87.4 Å². The van der Waals surface area contributed by atoms with Gasteiger partial charge in [-0.1, -0.05) is 11.8 Å². The SMILES string of the molecule is CCN(CC)c1cc(Nc2nc(Nc3cc(N(CC)CC)c(OC)cc3N=Nc3snc4scc(OC)c34)nc(SCCO)n2)c(N=Nc2snc3scc(OC)c23)cc1OC.O=S(=O)=O.O=S(=O)=O. The van der Waals surface area contributed by atoms with E-state index in [0.717, 1.165) is 58.0 Å². The first-order valence-electron chi connectivity index (χ1n) is 20.4. The van der Waals surface area contributed by atoms with E-state index in [2.05, 4.69) is 67.1 Å². The first kappa shape index (κ1) is 54.7. The molecular weight excluding hydrogens is 1050 g/mol. The number of azo groups is 2. The van der Waals surface area contributed by atoms with Crippen molar-refractivity contribution in [2.45, 2.75) is 32.9 Å². The molecule has 2 aromatic carbocycles. The largest absolute Gasteiger partial charge is 0.495 e. The van der Waals surface area contributed by atoms with Crippen LogP contribution in [0.3, 0.4) is 0 Å². The minimum absolute atomic E-state index is 0.0755. The summed E-state index contributed by atoms with van der Waals surface area (Å²) in [7, 11) is 0.276. The number of nitrogens with one attached hydrogen (secondary N) is 2. The highest BCUT2D eigenvalue weighted by Crippen LogP contribution is 2.46. The van der Waals surface area contributed by atoms with Gasteiger partial charge in [-0.05, 0) is 62.9 Å². The fourth-order valence-electron chi connectivity index (χ4n) is 6.43. The van der Waals surface area contributed by atoms with Gasteiger partial charge in [0, 0.05) is 54.8 Å². The number of thioether (sulfide) groups is 1. The summed E-state index contributed by atoms with van der Waals surface area (Å²) in [5.74, 6) is 3.40. The number of methoxy groups -OCH3 is 4. The molecule has 0 saturated heterocycles. The fourth-order valence-corrected chi connectivity index (χ4v) is 10.5. The fraction of sp³-hybridized carbons (Fsp3) is 0.359. The minimum Gasteiger partial charge on any atom is -0.495 e. The topological polar surface area (TPSA) is 304 Å². The van der Waals surface area contributed by atoms with Gasteiger partial charge in [-0.2, -0.15) is 23.7 Å². The van der Waals surface area contributed by atoms with Gasteiger partial charge in [0.15, 0.2) is 15.2 Å². The van der Waals surface area contributed by atoms with Crippen LogP contribution in [0.25, 0.3) is 20.4 Å². The average Bonchev–Trinajstić information content (AvgIpc) is 4.14. The second kappa shape index (κ2) is 26.7. The quantitative estimate of drug-likeness (QED) is 0.0446. The van der Waals surface area contributed by atoms with Crippen LogP contribution in [0.4, 0.5) is 56.0 Å². The number of ether oxygens (including phenoxy) is 4. The smallest absolute Gasteiger partial charge is 0.425 e. The van der Waals surface area contributed by atoms with E-state index in [9.17, 15) is 5.11 Å². The first-order valence-corrected chi connectivity index (χ1v) is 26.7. The Labute approximate surface area is 424 Å². The maximum absolute atomic E-state index is 9.79.